The van der Waals surface area contributed by atoms with Gasteiger partial charge in [0.2, 0.25) is 0 Å². The maximum absolute atomic E-state index is 11.1. The molecule has 4 aromatic rings. The van der Waals surface area contributed by atoms with E-state index in [1.807, 2.05) is 121 Å². The highest BCUT2D eigenvalue weighted by molar-refractivity contribution is 6.05. The average Bonchev–Trinajstić information content (AvgIpc) is 2.92. The molecule has 0 amide bonds. The van der Waals surface area contributed by atoms with Crippen LogP contribution in [-0.2, 0) is 0 Å². The van der Waals surface area contributed by atoms with Gasteiger partial charge in [-0.05, 0) is 22.3 Å². The van der Waals surface area contributed by atoms with E-state index in [1.54, 1.807) is 0 Å². The molecule has 0 fully saturated rings. The summed E-state index contributed by atoms with van der Waals surface area (Å²) in [6.45, 7) is 0.762. The normalized spacial score (nSPS) is 13.9. The van der Waals surface area contributed by atoms with Gasteiger partial charge in [0.05, 0.1) is 24.5 Å². The third-order valence-electron chi connectivity index (χ3n) is 5.55. The molecule has 4 aromatic carbocycles. The highest BCUT2D eigenvalue weighted by atomic mass is 16.3. The zero-order chi connectivity index (χ0) is 23.6. The van der Waals surface area contributed by atoms with Crippen LogP contribution in [0.3, 0.4) is 0 Å². The standard InChI is InChI=1S/C30H28N2O2/c33-29(25-17-9-3-10-18-25)27(23-13-5-1-6-14-23)31-21-22-32-28(24-15-7-2-8-16-24)30(34)26-19-11-4-12-20-26/h1-20,29-30,33-34H,21-22H2. The second-order valence-corrected chi connectivity index (χ2v) is 7.89. The van der Waals surface area contributed by atoms with Gasteiger partial charge >= 0.3 is 0 Å². The fourth-order valence-electron chi connectivity index (χ4n) is 3.82. The van der Waals surface area contributed by atoms with E-state index in [1.165, 1.54) is 0 Å². The van der Waals surface area contributed by atoms with E-state index < -0.39 is 12.2 Å². The van der Waals surface area contributed by atoms with Crippen molar-refractivity contribution in [3.63, 3.8) is 0 Å². The van der Waals surface area contributed by atoms with Crippen LogP contribution in [0.4, 0.5) is 0 Å². The van der Waals surface area contributed by atoms with Crippen molar-refractivity contribution in [2.75, 3.05) is 13.1 Å². The minimum absolute atomic E-state index is 0.381. The molecule has 0 radical (unpaired) electrons. The number of hydrogen-bond acceptors (Lipinski definition) is 4. The molecule has 0 aromatic heterocycles. The number of aliphatic imine (C=N–C) groups is 2. The van der Waals surface area contributed by atoms with E-state index >= 15 is 0 Å². The van der Waals surface area contributed by atoms with E-state index in [2.05, 4.69) is 0 Å². The molecule has 4 nitrogen and oxygen atoms in total. The van der Waals surface area contributed by atoms with Crippen molar-refractivity contribution < 1.29 is 10.2 Å². The van der Waals surface area contributed by atoms with Crippen LogP contribution in [0.1, 0.15) is 34.5 Å². The molecule has 0 aliphatic heterocycles. The first-order valence-electron chi connectivity index (χ1n) is 11.4. The van der Waals surface area contributed by atoms with E-state index in [0.29, 0.717) is 24.5 Å². The molecule has 4 rings (SSSR count). The topological polar surface area (TPSA) is 65.2 Å². The van der Waals surface area contributed by atoms with Crippen LogP contribution in [0.15, 0.2) is 131 Å². The lowest BCUT2D eigenvalue weighted by Gasteiger charge is -2.16. The minimum Gasteiger partial charge on any atom is -0.382 e. The predicted octanol–water partition coefficient (Wildman–Crippen LogP) is 5.43. The number of aliphatic hydroxyl groups excluding tert-OH is 2. The summed E-state index contributed by atoms with van der Waals surface area (Å²) < 4.78 is 0. The van der Waals surface area contributed by atoms with Gasteiger partial charge in [0.1, 0.15) is 12.2 Å². The van der Waals surface area contributed by atoms with E-state index in [-0.39, 0.29) is 0 Å². The largest absolute Gasteiger partial charge is 0.382 e. The number of benzene rings is 4. The SMILES string of the molecule is OC(C(=NCCN=C(c1ccccc1)C(O)c1ccccc1)c1ccccc1)c1ccccc1. The smallest absolute Gasteiger partial charge is 0.121 e. The van der Waals surface area contributed by atoms with Crippen molar-refractivity contribution in [2.45, 2.75) is 12.2 Å². The van der Waals surface area contributed by atoms with E-state index in [9.17, 15) is 10.2 Å². The molecule has 0 aliphatic carbocycles. The van der Waals surface area contributed by atoms with Crippen molar-refractivity contribution in [2.24, 2.45) is 9.98 Å². The van der Waals surface area contributed by atoms with Crippen molar-refractivity contribution in [1.29, 1.82) is 0 Å². The Morgan fingerprint density at radius 1 is 0.471 bits per heavy atom. The van der Waals surface area contributed by atoms with Crippen LogP contribution < -0.4 is 0 Å². The Morgan fingerprint density at radius 3 is 1.09 bits per heavy atom. The minimum atomic E-state index is -0.837. The van der Waals surface area contributed by atoms with Gasteiger partial charge in [-0.25, -0.2) is 0 Å². The third-order valence-corrected chi connectivity index (χ3v) is 5.55. The second-order valence-electron chi connectivity index (χ2n) is 7.89. The Bertz CT molecular complexity index is 1110. The van der Waals surface area contributed by atoms with Gasteiger partial charge < -0.3 is 10.2 Å². The van der Waals surface area contributed by atoms with Crippen molar-refractivity contribution in [3.8, 4) is 0 Å². The number of rotatable bonds is 9. The van der Waals surface area contributed by atoms with Crippen molar-refractivity contribution in [3.05, 3.63) is 144 Å². The van der Waals surface area contributed by atoms with Gasteiger partial charge in [-0.1, -0.05) is 121 Å². The fraction of sp³-hybridized carbons (Fsp3) is 0.133. The Hall–Kier alpha value is -3.86. The molecule has 4 heteroatoms. The van der Waals surface area contributed by atoms with E-state index in [4.69, 9.17) is 9.98 Å². The number of aliphatic hydroxyl groups is 2. The molecule has 34 heavy (non-hydrogen) atoms. The van der Waals surface area contributed by atoms with Gasteiger partial charge in [0, 0.05) is 0 Å². The Kier molecular flexibility index (Phi) is 8.12. The Labute approximate surface area is 200 Å². The summed E-state index contributed by atoms with van der Waals surface area (Å²) in [5, 5.41) is 22.1. The van der Waals surface area contributed by atoms with Crippen molar-refractivity contribution in [1.82, 2.24) is 0 Å². The van der Waals surface area contributed by atoms with E-state index in [0.717, 1.165) is 22.3 Å². The van der Waals surface area contributed by atoms with Gasteiger partial charge in [-0.15, -0.1) is 0 Å². The molecule has 0 saturated carbocycles. The summed E-state index contributed by atoms with van der Waals surface area (Å²) in [5.41, 5.74) is 4.53. The quantitative estimate of drug-likeness (QED) is 0.265. The van der Waals surface area contributed by atoms with Gasteiger partial charge in [0.15, 0.2) is 0 Å². The number of nitrogens with zero attached hydrogens (tertiary/aromatic N) is 2. The maximum atomic E-state index is 11.1. The zero-order valence-corrected chi connectivity index (χ0v) is 18.9. The van der Waals surface area contributed by atoms with Crippen LogP contribution in [0.25, 0.3) is 0 Å². The van der Waals surface area contributed by atoms with Gasteiger partial charge in [-0.2, -0.15) is 0 Å². The molecule has 170 valence electrons. The summed E-state index contributed by atoms with van der Waals surface area (Å²) in [5.74, 6) is 0. The molecule has 2 unspecified atom stereocenters. The van der Waals surface area contributed by atoms with Crippen molar-refractivity contribution >= 4 is 11.4 Å². The first-order valence-corrected chi connectivity index (χ1v) is 11.4. The molecule has 2 N–H and O–H groups in total. The summed E-state index contributed by atoms with van der Waals surface area (Å²) in [7, 11) is 0. The lowest BCUT2D eigenvalue weighted by Crippen LogP contribution is -2.16. The van der Waals surface area contributed by atoms with Crippen LogP contribution in [0.2, 0.25) is 0 Å². The summed E-state index contributed by atoms with van der Waals surface area (Å²) in [6, 6.07) is 38.5. The Morgan fingerprint density at radius 2 is 0.765 bits per heavy atom. The molecule has 2 atom stereocenters. The van der Waals surface area contributed by atoms with Gasteiger partial charge in [-0.3, -0.25) is 9.98 Å². The lowest BCUT2D eigenvalue weighted by atomic mass is 9.99. The first kappa shape index (κ1) is 23.3. The molecule has 0 saturated heterocycles. The number of hydrogen-bond donors (Lipinski definition) is 2. The predicted molar refractivity (Wildman–Crippen MR) is 138 cm³/mol. The molecule has 0 heterocycles. The lowest BCUT2D eigenvalue weighted by molar-refractivity contribution is 0.247. The van der Waals surface area contributed by atoms with Crippen LogP contribution >= 0.6 is 0 Å². The second kappa shape index (κ2) is 11.8. The Balaban J connectivity index is 1.60. The molecule has 0 bridgehead atoms. The van der Waals surface area contributed by atoms with Gasteiger partial charge in [0.25, 0.3) is 0 Å². The molecular formula is C30H28N2O2. The summed E-state index contributed by atoms with van der Waals surface area (Å²) >= 11 is 0. The molecule has 0 aliphatic rings. The molecular weight excluding hydrogens is 420 g/mol. The average molecular weight is 449 g/mol. The summed E-state index contributed by atoms with van der Waals surface area (Å²) in [4.78, 5) is 9.49. The van der Waals surface area contributed by atoms with Crippen LogP contribution in [-0.4, -0.2) is 34.7 Å². The highest BCUT2D eigenvalue weighted by Gasteiger charge is 2.18. The summed E-state index contributed by atoms with van der Waals surface area (Å²) in [6.07, 6.45) is -1.67. The third kappa shape index (κ3) is 5.93. The fourth-order valence-corrected chi connectivity index (χ4v) is 3.82. The molecule has 0 spiro atoms. The van der Waals surface area contributed by atoms with Crippen LogP contribution in [0.5, 0.6) is 0 Å². The monoisotopic (exact) mass is 448 g/mol. The van der Waals surface area contributed by atoms with Crippen LogP contribution in [0, 0.1) is 0 Å². The first-order chi connectivity index (χ1) is 16.7. The highest BCUT2D eigenvalue weighted by Crippen LogP contribution is 2.21. The zero-order valence-electron chi connectivity index (χ0n) is 18.9. The maximum Gasteiger partial charge on any atom is 0.121 e.